The van der Waals surface area contributed by atoms with Gasteiger partial charge in [-0.1, -0.05) is 35.2 Å². The normalized spacial score (nSPS) is 16.0. The summed E-state index contributed by atoms with van der Waals surface area (Å²) in [6.07, 6.45) is 6.15. The topological polar surface area (TPSA) is 93.2 Å². The Morgan fingerprint density at radius 2 is 2.06 bits per heavy atom. The number of hydrogen-bond acceptors (Lipinski definition) is 6. The van der Waals surface area contributed by atoms with E-state index in [2.05, 4.69) is 5.92 Å². The molecular weight excluding hydrogens is 471 g/mol. The van der Waals surface area contributed by atoms with Crippen molar-refractivity contribution in [1.29, 1.82) is 0 Å². The minimum absolute atomic E-state index is 0.0777. The fourth-order valence-electron chi connectivity index (χ4n) is 3.58. The summed E-state index contributed by atoms with van der Waals surface area (Å²) < 4.78 is 16.1. The Bertz CT molecular complexity index is 1120. The highest BCUT2D eigenvalue weighted by Crippen LogP contribution is 2.36. The quantitative estimate of drug-likeness (QED) is 0.444. The van der Waals surface area contributed by atoms with Crippen LogP contribution in [0.1, 0.15) is 56.7 Å². The Balaban J connectivity index is 1.96. The smallest absolute Gasteiger partial charge is 0.444 e. The van der Waals surface area contributed by atoms with Crippen molar-refractivity contribution in [2.24, 2.45) is 0 Å². The van der Waals surface area contributed by atoms with E-state index in [4.69, 9.17) is 43.2 Å². The number of benzene rings is 1. The molecule has 2 aromatic rings. The van der Waals surface area contributed by atoms with Crippen LogP contribution in [0.25, 0.3) is 0 Å². The molecule has 1 aliphatic rings. The standard InChI is InChI=1S/C23H24Cl2N2O6/c1-5-14-8-6-9-15(12-14)27(20(28)19(24)25)13-17-18(32-22(30)31-17)16-10-7-11-26(16)21(29)33-23(2,3)4/h1,6,8-9,12,16,19H,7,10-11,13H2,2-4H3. The van der Waals surface area contributed by atoms with Gasteiger partial charge in [-0.25, -0.2) is 9.59 Å². The molecule has 2 heterocycles. The molecule has 1 atom stereocenters. The van der Waals surface area contributed by atoms with Crippen molar-refractivity contribution in [3.05, 3.63) is 52.0 Å². The lowest BCUT2D eigenvalue weighted by Gasteiger charge is -2.28. The van der Waals surface area contributed by atoms with E-state index in [0.29, 0.717) is 30.6 Å². The molecule has 0 N–H and O–H groups in total. The highest BCUT2D eigenvalue weighted by Gasteiger charge is 2.38. The fourth-order valence-corrected chi connectivity index (χ4v) is 3.82. The lowest BCUT2D eigenvalue weighted by atomic mass is 10.1. The third kappa shape index (κ3) is 5.92. The molecule has 10 heteroatoms. The minimum Gasteiger partial charge on any atom is -0.444 e. The van der Waals surface area contributed by atoms with Crippen LogP contribution in [0, 0.1) is 12.3 Å². The number of carbonyl (C=O) groups excluding carboxylic acids is 2. The maximum Gasteiger partial charge on any atom is 0.519 e. The predicted molar refractivity (Wildman–Crippen MR) is 123 cm³/mol. The van der Waals surface area contributed by atoms with Gasteiger partial charge in [-0.05, 0) is 51.8 Å². The van der Waals surface area contributed by atoms with Gasteiger partial charge in [0.15, 0.2) is 16.4 Å². The van der Waals surface area contributed by atoms with Crippen molar-refractivity contribution in [1.82, 2.24) is 4.90 Å². The Morgan fingerprint density at radius 3 is 2.70 bits per heavy atom. The highest BCUT2D eigenvalue weighted by molar-refractivity contribution is 6.54. The molecule has 1 aliphatic heterocycles. The molecule has 33 heavy (non-hydrogen) atoms. The molecule has 3 rings (SSSR count). The number of halogens is 2. The first kappa shape index (κ1) is 24.7. The first-order valence-corrected chi connectivity index (χ1v) is 11.2. The number of terminal acetylenes is 1. The van der Waals surface area contributed by atoms with Crippen molar-refractivity contribution in [3.63, 3.8) is 0 Å². The lowest BCUT2D eigenvalue weighted by Crippen LogP contribution is -2.37. The number of alkyl halides is 2. The number of rotatable bonds is 5. The van der Waals surface area contributed by atoms with Gasteiger partial charge >= 0.3 is 11.9 Å². The Labute approximate surface area is 201 Å². The first-order valence-electron chi connectivity index (χ1n) is 10.3. The molecule has 0 bridgehead atoms. The van der Waals surface area contributed by atoms with E-state index in [9.17, 15) is 14.4 Å². The zero-order chi connectivity index (χ0) is 24.3. The van der Waals surface area contributed by atoms with Crippen LogP contribution in [0.4, 0.5) is 10.5 Å². The summed E-state index contributed by atoms with van der Waals surface area (Å²) in [6, 6.07) is 6.05. The molecule has 0 radical (unpaired) electrons. The number of carbonyl (C=O) groups is 2. The van der Waals surface area contributed by atoms with Crippen LogP contribution in [0.2, 0.25) is 0 Å². The number of nitrogens with zero attached hydrogens (tertiary/aromatic N) is 2. The van der Waals surface area contributed by atoms with Crippen molar-refractivity contribution in [2.75, 3.05) is 11.4 Å². The molecular formula is C23H24Cl2N2O6. The summed E-state index contributed by atoms with van der Waals surface area (Å²) in [5.41, 5.74) is 0.254. The second kappa shape index (κ2) is 9.94. The lowest BCUT2D eigenvalue weighted by molar-refractivity contribution is -0.117. The van der Waals surface area contributed by atoms with Crippen LogP contribution in [0.3, 0.4) is 0 Å². The van der Waals surface area contributed by atoms with Gasteiger partial charge in [0.1, 0.15) is 5.60 Å². The third-order valence-electron chi connectivity index (χ3n) is 4.94. The molecule has 1 fully saturated rings. The van der Waals surface area contributed by atoms with Crippen molar-refractivity contribution in [3.8, 4) is 12.3 Å². The number of ether oxygens (including phenoxy) is 1. The molecule has 1 aromatic heterocycles. The van der Waals surface area contributed by atoms with Gasteiger partial charge < -0.3 is 18.5 Å². The SMILES string of the molecule is C#Cc1cccc(N(Cc2oc(=O)oc2C2CCCN2C(=O)OC(C)(C)C)C(=O)C(Cl)Cl)c1. The molecule has 0 spiro atoms. The average molecular weight is 495 g/mol. The zero-order valence-corrected chi connectivity index (χ0v) is 20.0. The number of anilines is 1. The zero-order valence-electron chi connectivity index (χ0n) is 18.5. The first-order chi connectivity index (χ1) is 15.5. The van der Waals surface area contributed by atoms with E-state index in [1.54, 1.807) is 45.0 Å². The number of amides is 2. The van der Waals surface area contributed by atoms with Crippen molar-refractivity contribution < 1.29 is 23.2 Å². The van der Waals surface area contributed by atoms with E-state index in [0.717, 1.165) is 0 Å². The third-order valence-corrected chi connectivity index (χ3v) is 5.31. The Morgan fingerprint density at radius 1 is 1.33 bits per heavy atom. The second-order valence-electron chi connectivity index (χ2n) is 8.49. The van der Waals surface area contributed by atoms with Gasteiger partial charge in [0.05, 0.1) is 12.6 Å². The van der Waals surface area contributed by atoms with Crippen LogP contribution in [0.15, 0.2) is 37.9 Å². The Hall–Kier alpha value is -2.89. The van der Waals surface area contributed by atoms with Crippen molar-refractivity contribution in [2.45, 2.75) is 56.6 Å². The summed E-state index contributed by atoms with van der Waals surface area (Å²) in [5.74, 6) is 1.13. The molecule has 1 unspecified atom stereocenters. The van der Waals surface area contributed by atoms with Crippen LogP contribution in [-0.2, 0) is 16.1 Å². The van der Waals surface area contributed by atoms with Crippen LogP contribution in [-0.4, -0.2) is 33.9 Å². The van der Waals surface area contributed by atoms with Gasteiger partial charge in [-0.15, -0.1) is 6.42 Å². The largest absolute Gasteiger partial charge is 0.519 e. The minimum atomic E-state index is -1.37. The molecule has 1 saturated heterocycles. The monoisotopic (exact) mass is 494 g/mol. The van der Waals surface area contributed by atoms with Crippen LogP contribution in [0.5, 0.6) is 0 Å². The molecule has 2 amide bonds. The van der Waals surface area contributed by atoms with Gasteiger partial charge in [-0.3, -0.25) is 9.69 Å². The van der Waals surface area contributed by atoms with E-state index in [-0.39, 0.29) is 18.1 Å². The molecule has 0 saturated carbocycles. The number of likely N-dealkylation sites (tertiary alicyclic amines) is 1. The van der Waals surface area contributed by atoms with Gasteiger partial charge in [0, 0.05) is 17.8 Å². The predicted octanol–water partition coefficient (Wildman–Crippen LogP) is 4.62. The van der Waals surface area contributed by atoms with E-state index in [1.165, 1.54) is 9.80 Å². The maximum absolute atomic E-state index is 12.8. The summed E-state index contributed by atoms with van der Waals surface area (Å²) >= 11 is 11.7. The maximum atomic E-state index is 12.8. The second-order valence-corrected chi connectivity index (χ2v) is 9.59. The van der Waals surface area contributed by atoms with Crippen LogP contribution < -0.4 is 10.7 Å². The molecule has 176 valence electrons. The van der Waals surface area contributed by atoms with Gasteiger partial charge in [0.2, 0.25) is 0 Å². The summed E-state index contributed by atoms with van der Waals surface area (Å²) in [6.45, 7) is 5.51. The fraction of sp³-hybridized carbons (Fsp3) is 0.435. The van der Waals surface area contributed by atoms with E-state index < -0.39 is 34.3 Å². The van der Waals surface area contributed by atoms with E-state index >= 15 is 0 Å². The summed E-state index contributed by atoms with van der Waals surface area (Å²) in [7, 11) is 0. The summed E-state index contributed by atoms with van der Waals surface area (Å²) in [5, 5.41) is 0. The highest BCUT2D eigenvalue weighted by atomic mass is 35.5. The van der Waals surface area contributed by atoms with Gasteiger partial charge in [0.25, 0.3) is 5.91 Å². The molecule has 0 aliphatic carbocycles. The van der Waals surface area contributed by atoms with Gasteiger partial charge in [-0.2, -0.15) is 0 Å². The molecule has 8 nitrogen and oxygen atoms in total. The molecule has 1 aromatic carbocycles. The van der Waals surface area contributed by atoms with E-state index in [1.807, 2.05) is 0 Å². The number of hydrogen-bond donors (Lipinski definition) is 0. The van der Waals surface area contributed by atoms with Crippen LogP contribution >= 0.6 is 23.2 Å². The average Bonchev–Trinajstić information content (AvgIpc) is 3.36. The Kier molecular flexibility index (Phi) is 7.45. The summed E-state index contributed by atoms with van der Waals surface area (Å²) in [4.78, 5) is 38.9. The van der Waals surface area contributed by atoms with Crippen molar-refractivity contribution >= 4 is 40.9 Å².